The van der Waals surface area contributed by atoms with Crippen LogP contribution in [0.5, 0.6) is 28.7 Å². The summed E-state index contributed by atoms with van der Waals surface area (Å²) >= 11 is 0. The molecule has 11 aromatic carbocycles. The second-order valence-corrected chi connectivity index (χ2v) is 27.3. The quantitative estimate of drug-likeness (QED) is 0.0269. The van der Waals surface area contributed by atoms with Crippen LogP contribution in [-0.2, 0) is 19.2 Å². The molecular weight excluding hydrogens is 1410 g/mol. The summed E-state index contributed by atoms with van der Waals surface area (Å²) < 4.78 is 20.1. The largest absolute Gasteiger partial charge is 0.481 e. The number of Topliss-reactive ketones (excluding diaryl/α,β-unsaturated/α-hetero) is 3. The zero-order valence-corrected chi connectivity index (χ0v) is 61.2. The van der Waals surface area contributed by atoms with Crippen LogP contribution in [0.2, 0.25) is 0 Å². The number of ketones is 3. The predicted molar refractivity (Wildman–Crippen MR) is 429 cm³/mol. The molecule has 4 unspecified atom stereocenters. The van der Waals surface area contributed by atoms with E-state index in [2.05, 4.69) is 67.7 Å². The first-order valence-corrected chi connectivity index (χ1v) is 36.1. The van der Waals surface area contributed by atoms with Crippen molar-refractivity contribution in [2.24, 2.45) is 23.7 Å². The predicted octanol–water partition coefficient (Wildman–Crippen LogP) is 18.9. The van der Waals surface area contributed by atoms with Crippen molar-refractivity contribution in [3.8, 4) is 34.4 Å². The number of aromatic carboxylic acids is 1. The van der Waals surface area contributed by atoms with E-state index in [4.69, 9.17) is 14.2 Å². The Bertz CT molecular complexity index is 5500. The SMILES string of the molecule is CC(=O)c1cc(C(=O)O)c(C(=O)Nc2ccc(N(c3ccc(NC(=O)C4CC(C)C(C)CC4C(=O)O)cc3)c3ccc(-n4c5ccccc5c5ccccc54)cc3)cc2)cc1C(C)=O.CNc1ccc(Oc2cccc3c2C(=O)Nc2ccc(cc2)Nc2cccc(c2)OC(=O)CCC(=O)CNc2ccc(cc2)O3)cc1. The van der Waals surface area contributed by atoms with Gasteiger partial charge < -0.3 is 65.8 Å². The fraction of sp³-hybridized carbons (Fsp3) is 0.157. The Morgan fingerprint density at radius 1 is 0.505 bits per heavy atom. The zero-order valence-electron chi connectivity index (χ0n) is 61.2. The molecule has 22 nitrogen and oxygen atoms in total. The molecule has 16 rings (SSSR count). The van der Waals surface area contributed by atoms with E-state index in [9.17, 15) is 53.4 Å². The van der Waals surface area contributed by atoms with E-state index in [0.717, 1.165) is 62.4 Å². The fourth-order valence-corrected chi connectivity index (χ4v) is 13.8. The van der Waals surface area contributed by atoms with E-state index in [0.29, 0.717) is 75.7 Å². The third-order valence-electron chi connectivity index (χ3n) is 19.7. The second-order valence-electron chi connectivity index (χ2n) is 27.3. The van der Waals surface area contributed by atoms with E-state index in [1.165, 1.54) is 13.8 Å². The molecule has 4 atom stereocenters. The summed E-state index contributed by atoms with van der Waals surface area (Å²) in [5.74, 6) is -4.53. The van der Waals surface area contributed by atoms with Gasteiger partial charge in [-0.05, 0) is 233 Å². The molecule has 1 aromatic heterocycles. The number of anilines is 10. The lowest BCUT2D eigenvalue weighted by Crippen LogP contribution is -2.40. The summed E-state index contributed by atoms with van der Waals surface area (Å²) in [5.41, 5.74) is 9.19. The van der Waals surface area contributed by atoms with Gasteiger partial charge in [-0.15, -0.1) is 0 Å². The number of esters is 1. The minimum Gasteiger partial charge on any atom is -0.481 e. The number of hydrogen-bond donors (Lipinski definition) is 8. The summed E-state index contributed by atoms with van der Waals surface area (Å²) in [4.78, 5) is 117. The minimum atomic E-state index is -1.42. The van der Waals surface area contributed by atoms with Crippen LogP contribution in [0.3, 0.4) is 0 Å². The number of amides is 3. The van der Waals surface area contributed by atoms with Gasteiger partial charge in [0, 0.05) is 104 Å². The zero-order chi connectivity index (χ0) is 78.0. The van der Waals surface area contributed by atoms with Gasteiger partial charge in [0.2, 0.25) is 5.91 Å². The van der Waals surface area contributed by atoms with Gasteiger partial charge in [0.05, 0.1) is 47.0 Å². The van der Waals surface area contributed by atoms with Crippen LogP contribution in [0.1, 0.15) is 105 Å². The van der Waals surface area contributed by atoms with Gasteiger partial charge >= 0.3 is 17.9 Å². The van der Waals surface area contributed by atoms with E-state index < -0.39 is 58.7 Å². The minimum absolute atomic E-state index is 0.0372. The number of carboxylic acids is 2. The number of nitrogens with one attached hydrogen (secondary N) is 6. The Labute approximate surface area is 639 Å². The Morgan fingerprint density at radius 3 is 1.63 bits per heavy atom. The maximum absolute atomic E-state index is 13.9. The number of ether oxygens (including phenoxy) is 3. The smallest absolute Gasteiger partial charge is 0.336 e. The van der Waals surface area contributed by atoms with Crippen LogP contribution < -0.4 is 51.0 Å². The van der Waals surface area contributed by atoms with Crippen molar-refractivity contribution in [1.29, 1.82) is 0 Å². The van der Waals surface area contributed by atoms with Crippen LogP contribution in [0, 0.1) is 23.7 Å². The van der Waals surface area contributed by atoms with Gasteiger partial charge in [0.15, 0.2) is 17.3 Å². The maximum Gasteiger partial charge on any atom is 0.336 e. The standard InChI is InChI=1S/C52H46N4O8.C37H32N4O6/c1-29-25-43(45(51(61)62)26-30(29)2)49(59)53-33-13-17-35(18-14-33)55(37-21-23-38(24-22-37)56-47-11-7-5-9-39(47)40-10-6-8-12-48(40)56)36-19-15-34(16-20-36)54-50(60)44-27-41(31(3)57)42(32(4)58)28-46(44)52(63)64;1-38-24-12-17-30(18-13-24)45-33-6-3-7-34-36(33)37(44)41-27-10-8-26(9-11-27)40-28-4-2-5-32(22-28)47-35(43)21-16-29(42)23-39-25-14-19-31(46-34)20-15-25/h5-24,27-30,43,45H,25-26H2,1-4H3,(H,53,59)(H,54,60)(H,61,62)(H,63,64);2-15,17-20,22,38-40H,16,21,23H2,1H3,(H,41,44). The van der Waals surface area contributed by atoms with Crippen molar-refractivity contribution >= 4 is 132 Å². The van der Waals surface area contributed by atoms with E-state index >= 15 is 0 Å². The fourth-order valence-electron chi connectivity index (χ4n) is 13.8. The molecular formula is C89H78N8O14. The van der Waals surface area contributed by atoms with E-state index in [1.807, 2.05) is 122 Å². The van der Waals surface area contributed by atoms with E-state index in [-0.39, 0.29) is 65.2 Å². The molecule has 12 aromatic rings. The number of fused-ring (bicyclic) bond motifs is 5. The lowest BCUT2D eigenvalue weighted by atomic mass is 9.69. The first-order valence-electron chi connectivity index (χ1n) is 36.1. The van der Waals surface area contributed by atoms with Gasteiger partial charge in [0.25, 0.3) is 11.8 Å². The molecule has 3 aliphatic heterocycles. The Hall–Kier alpha value is -14.2. The number of carboxylic acid groups (broad SMARTS) is 2. The highest BCUT2D eigenvalue weighted by Crippen LogP contribution is 2.42. The first-order chi connectivity index (χ1) is 53.6. The van der Waals surface area contributed by atoms with Crippen molar-refractivity contribution in [3.63, 3.8) is 0 Å². The van der Waals surface area contributed by atoms with Gasteiger partial charge in [0.1, 0.15) is 34.3 Å². The summed E-state index contributed by atoms with van der Waals surface area (Å²) in [6.45, 7) is 6.59. The van der Waals surface area contributed by atoms with Crippen LogP contribution in [-0.4, -0.2) is 81.4 Å². The molecule has 0 radical (unpaired) electrons. The molecule has 111 heavy (non-hydrogen) atoms. The molecule has 0 saturated heterocycles. The summed E-state index contributed by atoms with van der Waals surface area (Å²) in [5, 5.41) is 40.2. The summed E-state index contributed by atoms with van der Waals surface area (Å²) in [6.07, 6.45) is 0.937. The normalized spacial score (nSPS) is 15.6. The number of carbonyl (C=O) groups is 9. The average molecular weight is 1480 g/mol. The topological polar surface area (TPSA) is 302 Å². The van der Waals surface area contributed by atoms with Gasteiger partial charge in [-0.1, -0.05) is 62.4 Å². The number of nitrogens with zero attached hydrogens (tertiary/aromatic N) is 2. The van der Waals surface area contributed by atoms with Crippen LogP contribution in [0.25, 0.3) is 27.5 Å². The number of benzene rings is 11. The molecule has 6 bridgehead atoms. The highest BCUT2D eigenvalue weighted by molar-refractivity contribution is 6.16. The number of carbonyl (C=O) groups excluding carboxylic acids is 7. The lowest BCUT2D eigenvalue weighted by Gasteiger charge is -2.35. The third kappa shape index (κ3) is 17.5. The van der Waals surface area contributed by atoms with Crippen molar-refractivity contribution < 1.29 is 67.6 Å². The molecule has 3 amide bonds. The maximum atomic E-state index is 13.9. The molecule has 1 fully saturated rings. The number of rotatable bonds is 15. The first kappa shape index (κ1) is 75.1. The number of aromatic nitrogens is 1. The summed E-state index contributed by atoms with van der Waals surface area (Å²) in [6, 6.07) is 74.7. The molecule has 1 saturated carbocycles. The average Bonchev–Trinajstić information content (AvgIpc) is 1.32. The van der Waals surface area contributed by atoms with E-state index in [1.54, 1.807) is 109 Å². The van der Waals surface area contributed by atoms with Crippen molar-refractivity contribution in [2.45, 2.75) is 53.4 Å². The molecule has 4 heterocycles. The lowest BCUT2D eigenvalue weighted by molar-refractivity contribution is -0.149. The molecule has 558 valence electrons. The van der Waals surface area contributed by atoms with Gasteiger partial charge in [-0.3, -0.25) is 38.4 Å². The van der Waals surface area contributed by atoms with Crippen molar-refractivity contribution in [2.75, 3.05) is 50.4 Å². The number of hydrogen-bond acceptors (Lipinski definition) is 16. The van der Waals surface area contributed by atoms with Gasteiger partial charge in [-0.25, -0.2) is 4.79 Å². The molecule has 1 aliphatic carbocycles. The molecule has 22 heteroatoms. The number of para-hydroxylation sites is 2. The monoisotopic (exact) mass is 1480 g/mol. The van der Waals surface area contributed by atoms with Crippen LogP contribution >= 0.6 is 0 Å². The third-order valence-corrected chi connectivity index (χ3v) is 19.7. The van der Waals surface area contributed by atoms with Crippen molar-refractivity contribution in [1.82, 2.24) is 4.57 Å². The summed E-state index contributed by atoms with van der Waals surface area (Å²) in [7, 11) is 1.83. The van der Waals surface area contributed by atoms with Gasteiger partial charge in [-0.2, -0.15) is 0 Å². The Kier molecular flexibility index (Phi) is 22.5. The second kappa shape index (κ2) is 33.3. The molecule has 8 N–H and O–H groups in total. The van der Waals surface area contributed by atoms with Crippen LogP contribution in [0.15, 0.2) is 249 Å². The molecule has 0 spiro atoms. The Balaban J connectivity index is 0.000000204. The highest BCUT2D eigenvalue weighted by atomic mass is 16.5. The van der Waals surface area contributed by atoms with Crippen molar-refractivity contribution in [3.05, 3.63) is 277 Å². The highest BCUT2D eigenvalue weighted by Gasteiger charge is 2.41. The number of aliphatic carboxylic acids is 1. The Morgan fingerprint density at radius 2 is 1.05 bits per heavy atom. The molecule has 4 aliphatic rings. The van der Waals surface area contributed by atoms with Crippen LogP contribution in [0.4, 0.5) is 56.9 Å².